The van der Waals surface area contributed by atoms with Crippen LogP contribution in [0.25, 0.3) is 0 Å². The molecule has 0 unspecified atom stereocenters. The van der Waals surface area contributed by atoms with Crippen LogP contribution < -0.4 is 9.47 Å². The van der Waals surface area contributed by atoms with Gasteiger partial charge in [0.15, 0.2) is 0 Å². The molecule has 246 valence electrons. The maximum absolute atomic E-state index is 9.68. The van der Waals surface area contributed by atoms with Gasteiger partial charge in [0.2, 0.25) is 0 Å². The van der Waals surface area contributed by atoms with Crippen LogP contribution in [0.15, 0.2) is 18.2 Å². The molecular weight excluding hydrogens is 516 g/mol. The summed E-state index contributed by atoms with van der Waals surface area (Å²) >= 11 is 0. The van der Waals surface area contributed by atoms with E-state index in [1.165, 1.54) is 167 Å². The zero-order valence-corrected chi connectivity index (χ0v) is 28.4. The zero-order valence-electron chi connectivity index (χ0n) is 28.4. The molecule has 0 amide bonds. The van der Waals surface area contributed by atoms with E-state index in [1.54, 1.807) is 0 Å². The molecule has 0 aromatic heterocycles. The molecule has 0 saturated carbocycles. The largest absolute Gasteiger partial charge is 0.493 e. The third-order valence-corrected chi connectivity index (χ3v) is 8.66. The number of ether oxygens (including phenoxy) is 2. The van der Waals surface area contributed by atoms with Gasteiger partial charge in [-0.05, 0) is 30.5 Å². The van der Waals surface area contributed by atoms with Crippen molar-refractivity contribution < 1.29 is 14.6 Å². The fourth-order valence-corrected chi connectivity index (χ4v) is 5.86. The van der Waals surface area contributed by atoms with Gasteiger partial charge < -0.3 is 14.6 Å². The molecule has 0 atom stereocenters. The highest BCUT2D eigenvalue weighted by molar-refractivity contribution is 5.38. The molecule has 3 nitrogen and oxygen atoms in total. The van der Waals surface area contributed by atoms with Crippen molar-refractivity contribution in [3.05, 3.63) is 23.8 Å². The van der Waals surface area contributed by atoms with Crippen LogP contribution in [0.5, 0.6) is 11.5 Å². The Morgan fingerprint density at radius 3 is 0.905 bits per heavy atom. The van der Waals surface area contributed by atoms with Crippen LogP contribution in [-0.2, 0) is 6.61 Å². The Morgan fingerprint density at radius 2 is 0.643 bits per heavy atom. The molecule has 0 saturated heterocycles. The van der Waals surface area contributed by atoms with Gasteiger partial charge in [-0.1, -0.05) is 181 Å². The first-order chi connectivity index (χ1) is 20.8. The van der Waals surface area contributed by atoms with Gasteiger partial charge >= 0.3 is 0 Å². The van der Waals surface area contributed by atoms with Gasteiger partial charge in [-0.25, -0.2) is 0 Å². The van der Waals surface area contributed by atoms with E-state index < -0.39 is 0 Å². The summed E-state index contributed by atoms with van der Waals surface area (Å²) in [5.41, 5.74) is 0.865. The highest BCUT2D eigenvalue weighted by atomic mass is 16.5. The van der Waals surface area contributed by atoms with Crippen molar-refractivity contribution in [2.24, 2.45) is 0 Å². The van der Waals surface area contributed by atoms with Gasteiger partial charge in [-0.3, -0.25) is 0 Å². The normalized spacial score (nSPS) is 11.3. The van der Waals surface area contributed by atoms with Crippen molar-refractivity contribution in [3.8, 4) is 11.5 Å². The van der Waals surface area contributed by atoms with Crippen molar-refractivity contribution in [1.29, 1.82) is 0 Å². The van der Waals surface area contributed by atoms with Crippen LogP contribution in [0.3, 0.4) is 0 Å². The first kappa shape index (κ1) is 38.8. The second-order valence-corrected chi connectivity index (χ2v) is 12.9. The lowest BCUT2D eigenvalue weighted by atomic mass is 10.0. The molecule has 0 bridgehead atoms. The quantitative estimate of drug-likeness (QED) is 0.0830. The average Bonchev–Trinajstić information content (AvgIpc) is 3.01. The fourth-order valence-electron chi connectivity index (χ4n) is 5.86. The molecule has 42 heavy (non-hydrogen) atoms. The smallest absolute Gasteiger partial charge is 0.123 e. The summed E-state index contributed by atoms with van der Waals surface area (Å²) in [5, 5.41) is 9.68. The van der Waals surface area contributed by atoms with Gasteiger partial charge in [0.1, 0.15) is 11.5 Å². The summed E-state index contributed by atoms with van der Waals surface area (Å²) in [5.74, 6) is 1.65. The van der Waals surface area contributed by atoms with Gasteiger partial charge in [0, 0.05) is 6.07 Å². The number of hydrogen-bond acceptors (Lipinski definition) is 3. The first-order valence-electron chi connectivity index (χ1n) is 18.8. The van der Waals surface area contributed by atoms with E-state index in [2.05, 4.69) is 13.8 Å². The maximum atomic E-state index is 9.68. The minimum Gasteiger partial charge on any atom is -0.493 e. The van der Waals surface area contributed by atoms with E-state index in [4.69, 9.17) is 9.47 Å². The Balaban J connectivity index is 1.98. The Labute approximate surface area is 262 Å². The van der Waals surface area contributed by atoms with Crippen molar-refractivity contribution in [3.63, 3.8) is 0 Å². The van der Waals surface area contributed by atoms with Crippen LogP contribution in [-0.4, -0.2) is 18.3 Å². The summed E-state index contributed by atoms with van der Waals surface area (Å²) < 4.78 is 12.1. The van der Waals surface area contributed by atoms with E-state index in [0.717, 1.165) is 43.1 Å². The molecule has 1 aromatic rings. The molecule has 0 aliphatic heterocycles. The Kier molecular flexibility index (Phi) is 28.8. The standard InChI is InChI=1S/C39H72O3/c1-3-5-7-9-11-13-15-17-18-20-22-24-26-28-30-32-42-39-34-37(36-40)33-38(35-39)41-31-29-27-25-23-21-19-16-14-12-10-8-6-4-2/h33-35,40H,3-32,36H2,1-2H3. The molecule has 0 fully saturated rings. The minimum absolute atomic E-state index is 0.0191. The topological polar surface area (TPSA) is 38.7 Å². The lowest BCUT2D eigenvalue weighted by Crippen LogP contribution is -2.01. The highest BCUT2D eigenvalue weighted by Crippen LogP contribution is 2.24. The number of rotatable bonds is 33. The van der Waals surface area contributed by atoms with E-state index in [-0.39, 0.29) is 6.61 Å². The maximum Gasteiger partial charge on any atom is 0.123 e. The van der Waals surface area contributed by atoms with Crippen LogP contribution in [0.4, 0.5) is 0 Å². The lowest BCUT2D eigenvalue weighted by molar-refractivity contribution is 0.271. The summed E-state index contributed by atoms with van der Waals surface area (Å²) in [6.07, 6.45) is 38.3. The molecule has 0 heterocycles. The molecule has 0 spiro atoms. The van der Waals surface area contributed by atoms with E-state index in [9.17, 15) is 5.11 Å². The second-order valence-electron chi connectivity index (χ2n) is 12.9. The fraction of sp³-hybridized carbons (Fsp3) is 0.846. The predicted octanol–water partition coefficient (Wildman–Crippen LogP) is 12.9. The van der Waals surface area contributed by atoms with E-state index in [1.807, 2.05) is 18.2 Å². The zero-order chi connectivity index (χ0) is 30.2. The van der Waals surface area contributed by atoms with E-state index >= 15 is 0 Å². The van der Waals surface area contributed by atoms with Crippen LogP contribution >= 0.6 is 0 Å². The van der Waals surface area contributed by atoms with Crippen molar-refractivity contribution in [2.45, 2.75) is 200 Å². The molecule has 1 N–H and O–H groups in total. The molecule has 0 aliphatic carbocycles. The SMILES string of the molecule is CCCCCCCCCCCCCCCCCOc1cc(CO)cc(OCCCCCCCCCCCCCCC)c1. The molecule has 3 heteroatoms. The number of benzene rings is 1. The van der Waals surface area contributed by atoms with Crippen LogP contribution in [0.2, 0.25) is 0 Å². The average molecular weight is 589 g/mol. The Hall–Kier alpha value is -1.22. The number of hydrogen-bond donors (Lipinski definition) is 1. The summed E-state index contributed by atoms with van der Waals surface area (Å²) in [6.45, 7) is 6.08. The van der Waals surface area contributed by atoms with Gasteiger partial charge in [-0.15, -0.1) is 0 Å². The highest BCUT2D eigenvalue weighted by Gasteiger charge is 2.04. The number of unbranched alkanes of at least 4 members (excludes halogenated alkanes) is 26. The lowest BCUT2D eigenvalue weighted by Gasteiger charge is -2.12. The van der Waals surface area contributed by atoms with E-state index in [0.29, 0.717) is 0 Å². The van der Waals surface area contributed by atoms with Gasteiger partial charge in [0.05, 0.1) is 19.8 Å². The minimum atomic E-state index is 0.0191. The molecular formula is C39H72O3. The number of aliphatic hydroxyl groups is 1. The summed E-state index contributed by atoms with van der Waals surface area (Å²) in [4.78, 5) is 0. The molecule has 0 aliphatic rings. The molecule has 1 rings (SSSR count). The third-order valence-electron chi connectivity index (χ3n) is 8.66. The van der Waals surface area contributed by atoms with Crippen LogP contribution in [0, 0.1) is 0 Å². The Bertz CT molecular complexity index is 674. The van der Waals surface area contributed by atoms with Crippen LogP contribution in [0.1, 0.15) is 199 Å². The monoisotopic (exact) mass is 589 g/mol. The molecule has 0 radical (unpaired) electrons. The Morgan fingerprint density at radius 1 is 0.381 bits per heavy atom. The predicted molar refractivity (Wildman–Crippen MR) is 184 cm³/mol. The molecule has 1 aromatic carbocycles. The van der Waals surface area contributed by atoms with Crippen molar-refractivity contribution in [2.75, 3.05) is 13.2 Å². The van der Waals surface area contributed by atoms with Gasteiger partial charge in [-0.2, -0.15) is 0 Å². The third kappa shape index (κ3) is 25.3. The summed E-state index contributed by atoms with van der Waals surface area (Å²) in [7, 11) is 0. The first-order valence-corrected chi connectivity index (χ1v) is 18.8. The van der Waals surface area contributed by atoms with Crippen molar-refractivity contribution in [1.82, 2.24) is 0 Å². The summed E-state index contributed by atoms with van der Waals surface area (Å²) in [6, 6.07) is 5.89. The number of aliphatic hydroxyl groups excluding tert-OH is 1. The van der Waals surface area contributed by atoms with Crippen molar-refractivity contribution >= 4 is 0 Å². The second kappa shape index (κ2) is 31.2. The van der Waals surface area contributed by atoms with Gasteiger partial charge in [0.25, 0.3) is 0 Å².